The molecule has 2 aromatic rings. The predicted octanol–water partition coefficient (Wildman–Crippen LogP) is 2.56. The van der Waals surface area contributed by atoms with E-state index in [0.717, 1.165) is 0 Å². The molecule has 15 heavy (non-hydrogen) atoms. The van der Waals surface area contributed by atoms with Crippen LogP contribution < -0.4 is 0 Å². The first-order chi connectivity index (χ1) is 7.27. The van der Waals surface area contributed by atoms with Crippen LogP contribution in [0.25, 0.3) is 0 Å². The summed E-state index contributed by atoms with van der Waals surface area (Å²) in [7, 11) is 0. The zero-order valence-corrected chi connectivity index (χ0v) is 9.58. The second-order valence-electron chi connectivity index (χ2n) is 2.14. The highest BCUT2D eigenvalue weighted by atomic mass is 32.1. The molecule has 2 rings (SSSR count). The number of carboxylic acids is 1. The van der Waals surface area contributed by atoms with Crippen molar-refractivity contribution in [3.05, 3.63) is 45.8 Å². The quantitative estimate of drug-likeness (QED) is 0.810. The third kappa shape index (κ3) is 12.8. The normalized spacial score (nSPS) is 7.80. The van der Waals surface area contributed by atoms with Crippen LogP contribution in [0.15, 0.2) is 45.8 Å². The molecule has 0 aliphatic heterocycles. The lowest BCUT2D eigenvalue weighted by Gasteiger charge is -1.72. The molecule has 0 radical (unpaired) electrons. The van der Waals surface area contributed by atoms with Gasteiger partial charge in [-0.15, -0.1) is 0 Å². The van der Waals surface area contributed by atoms with E-state index in [0.29, 0.717) is 0 Å². The SMILES string of the molecule is O=C(O)CO.c1ccsc1.c1ccsc1. The number of aliphatic hydroxyl groups excluding tert-OH is 1. The van der Waals surface area contributed by atoms with E-state index in [1.54, 1.807) is 22.7 Å². The summed E-state index contributed by atoms with van der Waals surface area (Å²) in [6.45, 7) is -0.778. The van der Waals surface area contributed by atoms with Gasteiger partial charge < -0.3 is 10.2 Å². The van der Waals surface area contributed by atoms with Gasteiger partial charge in [0.15, 0.2) is 0 Å². The summed E-state index contributed by atoms with van der Waals surface area (Å²) in [4.78, 5) is 9.12. The molecule has 3 nitrogen and oxygen atoms in total. The first kappa shape index (κ1) is 13.8. The van der Waals surface area contributed by atoms with E-state index in [2.05, 4.69) is 0 Å². The number of hydrogen-bond acceptors (Lipinski definition) is 4. The minimum atomic E-state index is -1.19. The second kappa shape index (κ2) is 10.9. The van der Waals surface area contributed by atoms with Gasteiger partial charge in [0.05, 0.1) is 0 Å². The molecule has 0 aliphatic carbocycles. The van der Waals surface area contributed by atoms with Gasteiger partial charge in [-0.25, -0.2) is 4.79 Å². The van der Waals surface area contributed by atoms with Crippen molar-refractivity contribution >= 4 is 28.6 Å². The lowest BCUT2D eigenvalue weighted by atomic mass is 10.7. The number of hydrogen-bond donors (Lipinski definition) is 2. The molecule has 0 atom stereocenters. The van der Waals surface area contributed by atoms with Crippen molar-refractivity contribution < 1.29 is 15.0 Å². The highest BCUT2D eigenvalue weighted by Crippen LogP contribution is 1.92. The van der Waals surface area contributed by atoms with Gasteiger partial charge in [0.25, 0.3) is 0 Å². The number of aliphatic hydroxyl groups is 1. The molecular weight excluding hydrogens is 232 g/mol. The van der Waals surface area contributed by atoms with Crippen molar-refractivity contribution in [1.82, 2.24) is 0 Å². The highest BCUT2D eigenvalue weighted by molar-refractivity contribution is 7.08. The average molecular weight is 244 g/mol. The Morgan fingerprint density at radius 2 is 1.20 bits per heavy atom. The van der Waals surface area contributed by atoms with Crippen LogP contribution in [-0.4, -0.2) is 22.8 Å². The first-order valence-corrected chi connectivity index (χ1v) is 5.93. The Balaban J connectivity index is 0.000000196. The molecule has 2 aromatic heterocycles. The van der Waals surface area contributed by atoms with Crippen LogP contribution >= 0.6 is 22.7 Å². The lowest BCUT2D eigenvalue weighted by molar-refractivity contribution is -0.140. The third-order valence-corrected chi connectivity index (χ3v) is 2.24. The predicted molar refractivity (Wildman–Crippen MR) is 63.4 cm³/mol. The maximum atomic E-state index is 9.12. The molecule has 0 amide bonds. The van der Waals surface area contributed by atoms with Crippen LogP contribution in [0.2, 0.25) is 0 Å². The van der Waals surface area contributed by atoms with Crippen LogP contribution in [-0.2, 0) is 4.79 Å². The molecule has 0 aliphatic rings. The summed E-state index contributed by atoms with van der Waals surface area (Å²) < 4.78 is 0. The van der Waals surface area contributed by atoms with E-state index in [9.17, 15) is 0 Å². The summed E-state index contributed by atoms with van der Waals surface area (Å²) >= 11 is 3.43. The van der Waals surface area contributed by atoms with E-state index in [1.165, 1.54) is 0 Å². The minimum absolute atomic E-state index is 0.778. The van der Waals surface area contributed by atoms with Gasteiger partial charge in [0.1, 0.15) is 6.61 Å². The van der Waals surface area contributed by atoms with E-state index in [1.807, 2.05) is 45.8 Å². The number of carboxylic acid groups (broad SMARTS) is 1. The Bertz CT molecular complexity index is 243. The maximum Gasteiger partial charge on any atom is 0.329 e. The van der Waals surface area contributed by atoms with E-state index in [4.69, 9.17) is 15.0 Å². The Morgan fingerprint density at radius 3 is 1.27 bits per heavy atom. The minimum Gasteiger partial charge on any atom is -0.480 e. The topological polar surface area (TPSA) is 57.5 Å². The fourth-order valence-corrected chi connectivity index (χ4v) is 1.36. The average Bonchev–Trinajstić information content (AvgIpc) is 2.96. The van der Waals surface area contributed by atoms with Crippen molar-refractivity contribution in [2.45, 2.75) is 0 Å². The van der Waals surface area contributed by atoms with Crippen molar-refractivity contribution in [3.8, 4) is 0 Å². The molecule has 0 unspecified atom stereocenters. The zero-order valence-electron chi connectivity index (χ0n) is 7.95. The van der Waals surface area contributed by atoms with Crippen molar-refractivity contribution in [2.75, 3.05) is 6.61 Å². The summed E-state index contributed by atoms with van der Waals surface area (Å²) in [5, 5.41) is 23.2. The second-order valence-corrected chi connectivity index (χ2v) is 3.77. The number of carbonyl (C=O) groups is 1. The Morgan fingerprint density at radius 1 is 0.933 bits per heavy atom. The van der Waals surface area contributed by atoms with Crippen molar-refractivity contribution in [1.29, 1.82) is 0 Å². The largest absolute Gasteiger partial charge is 0.480 e. The van der Waals surface area contributed by atoms with Crippen LogP contribution in [0.1, 0.15) is 0 Å². The van der Waals surface area contributed by atoms with E-state index < -0.39 is 12.6 Å². The lowest BCUT2D eigenvalue weighted by Crippen LogP contribution is -1.98. The summed E-state index contributed by atoms with van der Waals surface area (Å²) in [5.41, 5.74) is 0. The van der Waals surface area contributed by atoms with Gasteiger partial charge >= 0.3 is 5.97 Å². The van der Waals surface area contributed by atoms with Crippen molar-refractivity contribution in [2.24, 2.45) is 0 Å². The monoisotopic (exact) mass is 244 g/mol. The molecule has 82 valence electrons. The number of thiophene rings is 2. The zero-order chi connectivity index (χ0) is 11.4. The molecule has 0 aromatic carbocycles. The van der Waals surface area contributed by atoms with Gasteiger partial charge in [0, 0.05) is 0 Å². The molecule has 5 heteroatoms. The van der Waals surface area contributed by atoms with Gasteiger partial charge in [-0.2, -0.15) is 22.7 Å². The number of aliphatic carboxylic acids is 1. The Labute approximate surface area is 96.3 Å². The molecule has 0 saturated heterocycles. The highest BCUT2D eigenvalue weighted by Gasteiger charge is 1.82. The molecular formula is C10H12O3S2. The summed E-state index contributed by atoms with van der Waals surface area (Å²) in [5.74, 6) is -1.19. The molecule has 0 bridgehead atoms. The third-order valence-electron chi connectivity index (χ3n) is 0.986. The molecule has 0 spiro atoms. The van der Waals surface area contributed by atoms with E-state index >= 15 is 0 Å². The van der Waals surface area contributed by atoms with Crippen LogP contribution in [0.4, 0.5) is 0 Å². The van der Waals surface area contributed by atoms with Gasteiger partial charge in [-0.3, -0.25) is 0 Å². The number of rotatable bonds is 1. The molecule has 0 fully saturated rings. The van der Waals surface area contributed by atoms with Gasteiger partial charge in [0.2, 0.25) is 0 Å². The summed E-state index contributed by atoms with van der Waals surface area (Å²) in [6.07, 6.45) is 0. The Hall–Kier alpha value is -1.17. The Kier molecular flexibility index (Phi) is 10.1. The van der Waals surface area contributed by atoms with Crippen LogP contribution in [0.3, 0.4) is 0 Å². The molecule has 2 N–H and O–H groups in total. The van der Waals surface area contributed by atoms with Gasteiger partial charge in [-0.1, -0.05) is 24.3 Å². The van der Waals surface area contributed by atoms with E-state index in [-0.39, 0.29) is 0 Å². The fourth-order valence-electron chi connectivity index (χ4n) is 0.454. The standard InChI is InChI=1S/2C4H4S.C2H4O3/c2*1-2-4-5-3-1;3-1-2(4)5/h2*1-4H;3H,1H2,(H,4,5). The fraction of sp³-hybridized carbons (Fsp3) is 0.100. The molecule has 0 saturated carbocycles. The summed E-state index contributed by atoms with van der Waals surface area (Å²) in [6, 6.07) is 8.07. The van der Waals surface area contributed by atoms with Crippen LogP contribution in [0, 0.1) is 0 Å². The van der Waals surface area contributed by atoms with Crippen LogP contribution in [0.5, 0.6) is 0 Å². The maximum absolute atomic E-state index is 9.12. The first-order valence-electron chi connectivity index (χ1n) is 4.04. The molecule has 2 heterocycles. The van der Waals surface area contributed by atoms with Crippen molar-refractivity contribution in [3.63, 3.8) is 0 Å². The van der Waals surface area contributed by atoms with Gasteiger partial charge in [-0.05, 0) is 21.5 Å². The smallest absolute Gasteiger partial charge is 0.329 e.